The fraction of sp³-hybridized carbons (Fsp3) is 0.727. The number of nitrogens with one attached hydrogen (secondary N) is 1. The first-order valence-corrected chi connectivity index (χ1v) is 5.68. The van der Waals surface area contributed by atoms with Crippen molar-refractivity contribution in [2.45, 2.75) is 38.8 Å². The molecular formula is C11H18N2O5. The summed E-state index contributed by atoms with van der Waals surface area (Å²) in [4.78, 5) is 34.8. The number of carbonyl (C=O) groups excluding carboxylic acids is 3. The lowest BCUT2D eigenvalue weighted by molar-refractivity contribution is -0.141. The molecule has 7 heteroatoms. The van der Waals surface area contributed by atoms with Gasteiger partial charge in [-0.3, -0.25) is 14.5 Å². The van der Waals surface area contributed by atoms with E-state index in [1.54, 1.807) is 20.8 Å². The summed E-state index contributed by atoms with van der Waals surface area (Å²) >= 11 is 0. The fourth-order valence-electron chi connectivity index (χ4n) is 1.47. The van der Waals surface area contributed by atoms with Crippen LogP contribution in [0.5, 0.6) is 0 Å². The molecule has 0 aromatic heterocycles. The van der Waals surface area contributed by atoms with E-state index in [1.165, 1.54) is 0 Å². The van der Waals surface area contributed by atoms with Crippen LogP contribution in [-0.4, -0.2) is 52.7 Å². The first-order valence-electron chi connectivity index (χ1n) is 5.68. The average molecular weight is 258 g/mol. The van der Waals surface area contributed by atoms with Crippen LogP contribution in [0.4, 0.5) is 4.79 Å². The van der Waals surface area contributed by atoms with Gasteiger partial charge in [0.1, 0.15) is 12.7 Å². The van der Waals surface area contributed by atoms with Crippen molar-refractivity contribution in [2.75, 3.05) is 13.2 Å². The van der Waals surface area contributed by atoms with Crippen molar-refractivity contribution in [3.63, 3.8) is 0 Å². The molecule has 1 atom stereocenters. The van der Waals surface area contributed by atoms with Crippen molar-refractivity contribution in [2.24, 2.45) is 0 Å². The summed E-state index contributed by atoms with van der Waals surface area (Å²) in [7, 11) is 0. The van der Waals surface area contributed by atoms with E-state index in [0.717, 1.165) is 4.90 Å². The molecule has 18 heavy (non-hydrogen) atoms. The smallest absolute Gasteiger partial charge is 0.407 e. The molecule has 1 fully saturated rings. The molecule has 0 aliphatic carbocycles. The number of hydrogen-bond donors (Lipinski definition) is 2. The maximum Gasteiger partial charge on any atom is 0.407 e. The summed E-state index contributed by atoms with van der Waals surface area (Å²) in [6.07, 6.45) is -2.07. The summed E-state index contributed by atoms with van der Waals surface area (Å²) in [5, 5.41) is 11.7. The average Bonchev–Trinajstić information content (AvgIpc) is 2.41. The minimum atomic E-state index is -1.26. The van der Waals surface area contributed by atoms with Crippen LogP contribution in [-0.2, 0) is 14.3 Å². The van der Waals surface area contributed by atoms with Gasteiger partial charge >= 0.3 is 6.09 Å². The largest absolute Gasteiger partial charge is 0.448 e. The Labute approximate surface area is 105 Å². The third-order valence-electron chi connectivity index (χ3n) is 2.25. The molecule has 1 aliphatic rings. The van der Waals surface area contributed by atoms with Crippen molar-refractivity contribution >= 4 is 17.9 Å². The van der Waals surface area contributed by atoms with E-state index in [2.05, 4.69) is 5.32 Å². The number of ether oxygens (including phenoxy) is 1. The first kappa shape index (κ1) is 14.4. The zero-order valence-electron chi connectivity index (χ0n) is 10.7. The van der Waals surface area contributed by atoms with Crippen molar-refractivity contribution < 1.29 is 24.2 Å². The van der Waals surface area contributed by atoms with Gasteiger partial charge in [-0.2, -0.15) is 0 Å². The van der Waals surface area contributed by atoms with Crippen LogP contribution >= 0.6 is 0 Å². The molecule has 0 radical (unpaired) electrons. The predicted molar refractivity (Wildman–Crippen MR) is 61.6 cm³/mol. The van der Waals surface area contributed by atoms with Gasteiger partial charge in [-0.05, 0) is 20.8 Å². The number of hydrogen-bond acceptors (Lipinski definition) is 5. The van der Waals surface area contributed by atoms with E-state index in [9.17, 15) is 14.4 Å². The number of carbonyl (C=O) groups is 3. The van der Waals surface area contributed by atoms with Crippen molar-refractivity contribution in [1.82, 2.24) is 10.2 Å². The molecule has 0 unspecified atom stereocenters. The first-order chi connectivity index (χ1) is 8.20. The van der Waals surface area contributed by atoms with E-state index in [4.69, 9.17) is 9.84 Å². The molecule has 1 saturated heterocycles. The molecule has 1 aliphatic heterocycles. The zero-order valence-corrected chi connectivity index (χ0v) is 10.7. The minimum absolute atomic E-state index is 0.0354. The fourth-order valence-corrected chi connectivity index (χ4v) is 1.47. The number of aliphatic hydroxyl groups is 1. The lowest BCUT2D eigenvalue weighted by Gasteiger charge is -2.20. The Kier molecular flexibility index (Phi) is 4.28. The number of nitrogens with zero attached hydrogens (tertiary/aromatic N) is 1. The Bertz CT molecular complexity index is 361. The number of rotatable bonds is 3. The summed E-state index contributed by atoms with van der Waals surface area (Å²) in [6, 6.07) is 0. The van der Waals surface area contributed by atoms with Crippen LogP contribution in [0.2, 0.25) is 0 Å². The van der Waals surface area contributed by atoms with Crippen LogP contribution in [0.1, 0.15) is 27.2 Å². The minimum Gasteiger partial charge on any atom is -0.448 e. The van der Waals surface area contributed by atoms with E-state index in [-0.39, 0.29) is 19.6 Å². The van der Waals surface area contributed by atoms with E-state index in [0.29, 0.717) is 0 Å². The molecule has 1 rings (SSSR count). The van der Waals surface area contributed by atoms with Gasteiger partial charge < -0.3 is 15.2 Å². The highest BCUT2D eigenvalue weighted by atomic mass is 16.5. The van der Waals surface area contributed by atoms with Crippen molar-refractivity contribution in [1.29, 1.82) is 0 Å². The molecule has 0 bridgehead atoms. The molecule has 0 aromatic carbocycles. The van der Waals surface area contributed by atoms with Gasteiger partial charge in [0.25, 0.3) is 5.91 Å². The van der Waals surface area contributed by atoms with Gasteiger partial charge in [-0.25, -0.2) is 4.79 Å². The van der Waals surface area contributed by atoms with Crippen LogP contribution in [0, 0.1) is 0 Å². The van der Waals surface area contributed by atoms with Crippen molar-refractivity contribution in [3.8, 4) is 0 Å². The van der Waals surface area contributed by atoms with Gasteiger partial charge in [0.2, 0.25) is 5.91 Å². The molecule has 7 nitrogen and oxygen atoms in total. The topological polar surface area (TPSA) is 95.9 Å². The summed E-state index contributed by atoms with van der Waals surface area (Å²) < 4.78 is 4.83. The lowest BCUT2D eigenvalue weighted by atomic mass is 10.1. The second-order valence-corrected chi connectivity index (χ2v) is 5.11. The molecule has 0 aromatic rings. The third-order valence-corrected chi connectivity index (χ3v) is 2.25. The molecule has 0 spiro atoms. The maximum atomic E-state index is 11.3. The van der Waals surface area contributed by atoms with Gasteiger partial charge in [0, 0.05) is 5.54 Å². The number of likely N-dealkylation sites (tertiary alicyclic amines) is 1. The van der Waals surface area contributed by atoms with Crippen LogP contribution < -0.4 is 5.32 Å². The van der Waals surface area contributed by atoms with Gasteiger partial charge in [-0.15, -0.1) is 0 Å². The highest BCUT2D eigenvalue weighted by Crippen LogP contribution is 2.12. The SMILES string of the molecule is CC(C)(C)NC(=O)OCCN1C(=O)C[C@@H](O)C1=O. The quantitative estimate of drug-likeness (QED) is 0.673. The highest BCUT2D eigenvalue weighted by molar-refractivity contribution is 6.04. The van der Waals surface area contributed by atoms with E-state index >= 15 is 0 Å². The standard InChI is InChI=1S/C11H18N2O5/c1-11(2,3)12-10(17)18-5-4-13-8(15)6-7(14)9(13)16/h7,14H,4-6H2,1-3H3,(H,12,17)/t7-/m1/s1. The Morgan fingerprint density at radius 2 is 2.11 bits per heavy atom. The molecule has 3 amide bonds. The van der Waals surface area contributed by atoms with Gasteiger partial charge in [0.15, 0.2) is 0 Å². The normalized spacial score (nSPS) is 20.2. The van der Waals surface area contributed by atoms with Gasteiger partial charge in [-0.1, -0.05) is 0 Å². The highest BCUT2D eigenvalue weighted by Gasteiger charge is 2.36. The molecule has 1 heterocycles. The molecule has 102 valence electrons. The summed E-state index contributed by atoms with van der Waals surface area (Å²) in [5.74, 6) is -1.09. The number of amides is 3. The zero-order chi connectivity index (χ0) is 13.9. The van der Waals surface area contributed by atoms with Crippen LogP contribution in [0.25, 0.3) is 0 Å². The van der Waals surface area contributed by atoms with E-state index < -0.39 is 29.6 Å². The maximum absolute atomic E-state index is 11.3. The molecule has 2 N–H and O–H groups in total. The Balaban J connectivity index is 2.32. The third kappa shape index (κ3) is 3.99. The predicted octanol–water partition coefficient (Wildman–Crippen LogP) is -0.369. The molecule has 0 saturated carbocycles. The lowest BCUT2D eigenvalue weighted by Crippen LogP contribution is -2.42. The van der Waals surface area contributed by atoms with Crippen LogP contribution in [0.15, 0.2) is 0 Å². The summed E-state index contributed by atoms with van der Waals surface area (Å²) in [6.45, 7) is 5.28. The van der Waals surface area contributed by atoms with Gasteiger partial charge in [0.05, 0.1) is 13.0 Å². The Hall–Kier alpha value is -1.63. The second kappa shape index (κ2) is 5.34. The Morgan fingerprint density at radius 1 is 1.50 bits per heavy atom. The molecular weight excluding hydrogens is 240 g/mol. The number of aliphatic hydroxyl groups excluding tert-OH is 1. The summed E-state index contributed by atoms with van der Waals surface area (Å²) in [5.41, 5.74) is -0.410. The van der Waals surface area contributed by atoms with Crippen LogP contribution in [0.3, 0.4) is 0 Å². The number of alkyl carbamates (subject to hydrolysis) is 1. The van der Waals surface area contributed by atoms with Crippen molar-refractivity contribution in [3.05, 3.63) is 0 Å². The number of imide groups is 1. The van der Waals surface area contributed by atoms with E-state index in [1.807, 2.05) is 0 Å². The monoisotopic (exact) mass is 258 g/mol. The second-order valence-electron chi connectivity index (χ2n) is 5.11. The Morgan fingerprint density at radius 3 is 2.56 bits per heavy atom.